The molecule has 1 aliphatic rings. The van der Waals surface area contributed by atoms with Crippen molar-refractivity contribution in [2.24, 2.45) is 0 Å². The van der Waals surface area contributed by atoms with Crippen LogP contribution in [0.1, 0.15) is 38.1 Å². The minimum absolute atomic E-state index is 0.251. The van der Waals surface area contributed by atoms with E-state index in [0.717, 1.165) is 21.1 Å². The summed E-state index contributed by atoms with van der Waals surface area (Å²) in [5, 5.41) is 6.03. The molecular formula is C20H23N3O4S2. The number of carbonyl (C=O) groups is 3. The fourth-order valence-corrected chi connectivity index (χ4v) is 5.10. The Hall–Kier alpha value is -2.52. The van der Waals surface area contributed by atoms with Crippen LogP contribution in [0.5, 0.6) is 0 Å². The fraction of sp³-hybridized carbons (Fsp3) is 0.350. The second-order valence-corrected chi connectivity index (χ2v) is 8.78. The van der Waals surface area contributed by atoms with E-state index < -0.39 is 6.09 Å². The van der Waals surface area contributed by atoms with E-state index in [0.29, 0.717) is 35.6 Å². The van der Waals surface area contributed by atoms with Crippen molar-refractivity contribution in [3.63, 3.8) is 0 Å². The van der Waals surface area contributed by atoms with Crippen LogP contribution in [-0.2, 0) is 17.7 Å². The largest absolute Gasteiger partial charge is 0.453 e. The molecule has 3 rings (SSSR count). The average Bonchev–Trinajstić information content (AvgIpc) is 3.10. The molecule has 2 N–H and O–H groups in total. The van der Waals surface area contributed by atoms with Crippen molar-refractivity contribution in [1.29, 1.82) is 0 Å². The zero-order chi connectivity index (χ0) is 21.0. The molecule has 0 spiro atoms. The van der Waals surface area contributed by atoms with Crippen LogP contribution in [0, 0.1) is 0 Å². The van der Waals surface area contributed by atoms with E-state index in [-0.39, 0.29) is 11.8 Å². The monoisotopic (exact) mass is 433 g/mol. The van der Waals surface area contributed by atoms with Crippen LogP contribution in [0.15, 0.2) is 29.2 Å². The van der Waals surface area contributed by atoms with Gasteiger partial charge in [-0.05, 0) is 42.0 Å². The number of benzene rings is 1. The molecule has 1 aromatic heterocycles. The smallest absolute Gasteiger partial charge is 0.409 e. The van der Waals surface area contributed by atoms with Crippen molar-refractivity contribution < 1.29 is 19.1 Å². The van der Waals surface area contributed by atoms with Gasteiger partial charge in [-0.2, -0.15) is 0 Å². The second-order valence-electron chi connectivity index (χ2n) is 6.34. The van der Waals surface area contributed by atoms with Crippen LogP contribution in [0.4, 0.5) is 9.80 Å². The number of rotatable bonds is 5. The van der Waals surface area contributed by atoms with Gasteiger partial charge in [0.2, 0.25) is 0 Å². The third-order valence-corrected chi connectivity index (χ3v) is 6.62. The number of thioether (sulfide) groups is 1. The van der Waals surface area contributed by atoms with Gasteiger partial charge in [-0.15, -0.1) is 23.1 Å². The van der Waals surface area contributed by atoms with E-state index in [1.54, 1.807) is 35.8 Å². The van der Waals surface area contributed by atoms with Gasteiger partial charge >= 0.3 is 6.09 Å². The topological polar surface area (TPSA) is 87.7 Å². The lowest BCUT2D eigenvalue weighted by Gasteiger charge is -2.25. The maximum atomic E-state index is 12.8. The number of methoxy groups -OCH3 is 1. The number of fused-ring (bicyclic) bond motifs is 1. The predicted octanol–water partition coefficient (Wildman–Crippen LogP) is 3.60. The number of hydrogen-bond donors (Lipinski definition) is 2. The summed E-state index contributed by atoms with van der Waals surface area (Å²) < 4.78 is 4.80. The Bertz CT molecular complexity index is 925. The quantitative estimate of drug-likeness (QED) is 0.704. The first-order valence-electron chi connectivity index (χ1n) is 9.22. The summed E-state index contributed by atoms with van der Waals surface area (Å²) in [6.45, 7) is 2.89. The first kappa shape index (κ1) is 21.2. The average molecular weight is 434 g/mol. The van der Waals surface area contributed by atoms with Crippen molar-refractivity contribution in [1.82, 2.24) is 10.2 Å². The summed E-state index contributed by atoms with van der Waals surface area (Å²) in [6, 6.07) is 7.38. The van der Waals surface area contributed by atoms with Crippen LogP contribution in [0.2, 0.25) is 0 Å². The van der Waals surface area contributed by atoms with Crippen LogP contribution in [0.3, 0.4) is 0 Å². The SMILES string of the molecule is CCSc1ccc(C(=O)Nc2sc3c(c2C(=O)NC)CCN(C(=O)OC)C3)cc1. The third-order valence-electron chi connectivity index (χ3n) is 4.60. The summed E-state index contributed by atoms with van der Waals surface area (Å²) in [5.74, 6) is 0.440. The van der Waals surface area contributed by atoms with Gasteiger partial charge in [-0.3, -0.25) is 9.59 Å². The van der Waals surface area contributed by atoms with Gasteiger partial charge in [0, 0.05) is 28.9 Å². The zero-order valence-electron chi connectivity index (χ0n) is 16.5. The van der Waals surface area contributed by atoms with Gasteiger partial charge in [0.15, 0.2) is 0 Å². The highest BCUT2D eigenvalue weighted by Gasteiger charge is 2.30. The minimum atomic E-state index is -0.402. The molecule has 3 amide bonds. The molecule has 2 aromatic rings. The lowest BCUT2D eigenvalue weighted by molar-refractivity contribution is 0.0962. The highest BCUT2D eigenvalue weighted by Crippen LogP contribution is 2.37. The van der Waals surface area contributed by atoms with E-state index in [1.165, 1.54) is 18.4 Å². The molecule has 0 atom stereocenters. The van der Waals surface area contributed by atoms with Crippen molar-refractivity contribution >= 4 is 46.0 Å². The standard InChI is InChI=1S/C20H23N3O4S2/c1-4-28-13-7-5-12(6-8-13)17(24)22-19-16(18(25)21-2)14-9-10-23(20(26)27-3)11-15(14)29-19/h5-8H,4,9-11H2,1-3H3,(H,21,25)(H,22,24). The molecule has 154 valence electrons. The van der Waals surface area contributed by atoms with Crippen molar-refractivity contribution in [3.8, 4) is 0 Å². The maximum Gasteiger partial charge on any atom is 0.409 e. The maximum absolute atomic E-state index is 12.8. The number of amides is 3. The van der Waals surface area contributed by atoms with E-state index in [2.05, 4.69) is 17.6 Å². The molecule has 9 heteroatoms. The number of carbonyl (C=O) groups excluding carboxylic acids is 3. The van der Waals surface area contributed by atoms with E-state index >= 15 is 0 Å². The molecule has 1 aromatic carbocycles. The highest BCUT2D eigenvalue weighted by molar-refractivity contribution is 7.99. The van der Waals surface area contributed by atoms with E-state index in [1.807, 2.05) is 12.1 Å². The van der Waals surface area contributed by atoms with Gasteiger partial charge in [-0.25, -0.2) is 4.79 Å². The van der Waals surface area contributed by atoms with Crippen LogP contribution < -0.4 is 10.6 Å². The third kappa shape index (κ3) is 4.56. The number of thiophene rings is 1. The summed E-state index contributed by atoms with van der Waals surface area (Å²) in [7, 11) is 2.91. The highest BCUT2D eigenvalue weighted by atomic mass is 32.2. The first-order chi connectivity index (χ1) is 14.0. The Morgan fingerprint density at radius 2 is 1.93 bits per heavy atom. The molecule has 0 fully saturated rings. The van der Waals surface area contributed by atoms with Gasteiger partial charge in [0.05, 0.1) is 19.2 Å². The number of ether oxygens (including phenoxy) is 1. The van der Waals surface area contributed by atoms with Crippen molar-refractivity contribution in [2.75, 3.05) is 31.8 Å². The molecule has 2 heterocycles. The van der Waals surface area contributed by atoms with Gasteiger partial charge in [0.1, 0.15) is 5.00 Å². The molecule has 29 heavy (non-hydrogen) atoms. The van der Waals surface area contributed by atoms with Crippen LogP contribution in [-0.4, -0.2) is 49.3 Å². The van der Waals surface area contributed by atoms with E-state index in [4.69, 9.17) is 4.74 Å². The predicted molar refractivity (Wildman–Crippen MR) is 115 cm³/mol. The van der Waals surface area contributed by atoms with Gasteiger partial charge in [0.25, 0.3) is 11.8 Å². The summed E-state index contributed by atoms with van der Waals surface area (Å²) in [4.78, 5) is 40.7. The molecule has 7 nitrogen and oxygen atoms in total. The van der Waals surface area contributed by atoms with E-state index in [9.17, 15) is 14.4 Å². The molecule has 0 aliphatic carbocycles. The molecule has 0 bridgehead atoms. The van der Waals surface area contributed by atoms with Gasteiger partial charge in [-0.1, -0.05) is 6.92 Å². The Balaban J connectivity index is 1.86. The molecule has 1 aliphatic heterocycles. The Morgan fingerprint density at radius 3 is 2.55 bits per heavy atom. The van der Waals surface area contributed by atoms with Crippen molar-refractivity contribution in [2.45, 2.75) is 24.8 Å². The van der Waals surface area contributed by atoms with Crippen LogP contribution >= 0.6 is 23.1 Å². The van der Waals surface area contributed by atoms with Crippen LogP contribution in [0.25, 0.3) is 0 Å². The molecule has 0 saturated heterocycles. The Morgan fingerprint density at radius 1 is 1.21 bits per heavy atom. The summed E-state index contributed by atoms with van der Waals surface area (Å²) >= 11 is 3.03. The number of nitrogens with one attached hydrogen (secondary N) is 2. The number of nitrogens with zero attached hydrogens (tertiary/aromatic N) is 1. The molecule has 0 radical (unpaired) electrons. The normalized spacial score (nSPS) is 12.9. The molecular weight excluding hydrogens is 410 g/mol. The Kier molecular flexibility index (Phi) is 6.81. The fourth-order valence-electron chi connectivity index (χ4n) is 3.19. The van der Waals surface area contributed by atoms with Gasteiger partial charge < -0.3 is 20.3 Å². The lowest BCUT2D eigenvalue weighted by Crippen LogP contribution is -2.35. The summed E-state index contributed by atoms with van der Waals surface area (Å²) in [5.41, 5.74) is 1.87. The number of hydrogen-bond acceptors (Lipinski definition) is 6. The zero-order valence-corrected chi connectivity index (χ0v) is 18.2. The minimum Gasteiger partial charge on any atom is -0.453 e. The first-order valence-corrected chi connectivity index (χ1v) is 11.0. The lowest BCUT2D eigenvalue weighted by atomic mass is 10.0. The molecule has 0 unspecified atom stereocenters. The summed E-state index contributed by atoms with van der Waals surface area (Å²) in [6.07, 6.45) is 0.129. The molecule has 0 saturated carbocycles. The second kappa shape index (κ2) is 9.32. The van der Waals surface area contributed by atoms with Crippen molar-refractivity contribution in [3.05, 3.63) is 45.8 Å². The number of anilines is 1. The Labute approximate surface area is 177 Å².